The fourth-order valence-electron chi connectivity index (χ4n) is 2.94. The Morgan fingerprint density at radius 3 is 2.00 bits per heavy atom. The quantitative estimate of drug-likeness (QED) is 0.669. The van der Waals surface area contributed by atoms with Crippen molar-refractivity contribution in [3.8, 4) is 29.3 Å². The van der Waals surface area contributed by atoms with Crippen molar-refractivity contribution in [2.75, 3.05) is 0 Å². The van der Waals surface area contributed by atoms with Gasteiger partial charge in [0.25, 0.3) is 0 Å². The SMILES string of the molecule is N#CC(C#N)=C1NC(C(F)(F)F)=CC(/C=C/c2ccc(-c3ccccc3)cc2)=C1C#N. The highest BCUT2D eigenvalue weighted by atomic mass is 19.4. The second-order valence-corrected chi connectivity index (χ2v) is 6.42. The number of nitriles is 3. The van der Waals surface area contributed by atoms with Crippen LogP contribution in [0.15, 0.2) is 94.9 Å². The zero-order valence-corrected chi connectivity index (χ0v) is 15.9. The monoisotopic (exact) mass is 414 g/mol. The van der Waals surface area contributed by atoms with Crippen LogP contribution in [0.1, 0.15) is 5.56 Å². The molecule has 31 heavy (non-hydrogen) atoms. The molecule has 4 nitrogen and oxygen atoms in total. The molecule has 1 aliphatic rings. The molecule has 0 fully saturated rings. The van der Waals surface area contributed by atoms with Crippen molar-refractivity contribution in [1.29, 1.82) is 15.8 Å². The van der Waals surface area contributed by atoms with Crippen LogP contribution in [0.2, 0.25) is 0 Å². The van der Waals surface area contributed by atoms with Crippen LogP contribution in [0.4, 0.5) is 13.2 Å². The Labute approximate surface area is 176 Å². The van der Waals surface area contributed by atoms with E-state index in [1.54, 1.807) is 24.3 Å². The Hall–Kier alpha value is -4.54. The van der Waals surface area contributed by atoms with Crippen LogP contribution >= 0.6 is 0 Å². The Morgan fingerprint density at radius 2 is 1.45 bits per heavy atom. The van der Waals surface area contributed by atoms with E-state index in [4.69, 9.17) is 10.5 Å². The molecule has 150 valence electrons. The van der Waals surface area contributed by atoms with Gasteiger partial charge in [0.1, 0.15) is 23.9 Å². The van der Waals surface area contributed by atoms with Gasteiger partial charge in [-0.3, -0.25) is 0 Å². The summed E-state index contributed by atoms with van der Waals surface area (Å²) in [6.45, 7) is 0. The summed E-state index contributed by atoms with van der Waals surface area (Å²) >= 11 is 0. The standard InChI is InChI=1S/C24H13F3N4/c25-24(26,27)22-12-19(21(15-30)23(31-22)20(13-28)14-29)11-8-16-6-9-18(10-7-16)17-4-2-1-3-5-17/h1-12,31H/b11-8+. The van der Waals surface area contributed by atoms with Gasteiger partial charge in [-0.05, 0) is 28.3 Å². The summed E-state index contributed by atoms with van der Waals surface area (Å²) < 4.78 is 39.9. The molecule has 7 heteroatoms. The number of benzene rings is 2. The smallest absolute Gasteiger partial charge is 0.349 e. The predicted molar refractivity (Wildman–Crippen MR) is 109 cm³/mol. The van der Waals surface area contributed by atoms with Crippen LogP contribution in [-0.2, 0) is 0 Å². The third kappa shape index (κ3) is 4.72. The molecule has 0 spiro atoms. The number of rotatable bonds is 3. The Kier molecular flexibility index (Phi) is 6.05. The lowest BCUT2D eigenvalue weighted by Crippen LogP contribution is -2.30. The van der Waals surface area contributed by atoms with E-state index in [2.05, 4.69) is 0 Å². The maximum Gasteiger partial charge on any atom is 0.431 e. The summed E-state index contributed by atoms with van der Waals surface area (Å²) in [7, 11) is 0. The minimum absolute atomic E-state index is 0.0567. The van der Waals surface area contributed by atoms with Gasteiger partial charge in [0.05, 0.1) is 11.3 Å². The molecular weight excluding hydrogens is 401 g/mol. The van der Waals surface area contributed by atoms with Crippen LogP contribution in [-0.4, -0.2) is 6.18 Å². The molecule has 2 aromatic carbocycles. The van der Waals surface area contributed by atoms with E-state index in [9.17, 15) is 18.4 Å². The van der Waals surface area contributed by atoms with Crippen LogP contribution in [0.5, 0.6) is 0 Å². The third-order valence-electron chi connectivity index (χ3n) is 4.46. The third-order valence-corrected chi connectivity index (χ3v) is 4.46. The summed E-state index contributed by atoms with van der Waals surface area (Å²) in [5.41, 5.74) is 0.209. The minimum atomic E-state index is -4.75. The lowest BCUT2D eigenvalue weighted by Gasteiger charge is -2.22. The fourth-order valence-corrected chi connectivity index (χ4v) is 2.94. The van der Waals surface area contributed by atoms with Crippen LogP contribution < -0.4 is 5.32 Å². The molecule has 0 atom stereocenters. The van der Waals surface area contributed by atoms with Crippen LogP contribution in [0.3, 0.4) is 0 Å². The number of hydrogen-bond donors (Lipinski definition) is 1. The van der Waals surface area contributed by atoms with Crippen molar-refractivity contribution in [2.45, 2.75) is 6.18 Å². The molecule has 0 bridgehead atoms. The van der Waals surface area contributed by atoms with E-state index >= 15 is 0 Å². The molecule has 0 amide bonds. The van der Waals surface area contributed by atoms with Crippen molar-refractivity contribution in [3.05, 3.63) is 100 Å². The zero-order valence-electron chi connectivity index (χ0n) is 15.9. The molecule has 0 radical (unpaired) electrons. The number of halogens is 3. The van der Waals surface area contributed by atoms with Crippen LogP contribution in [0.25, 0.3) is 17.2 Å². The predicted octanol–water partition coefficient (Wildman–Crippen LogP) is 5.54. The topological polar surface area (TPSA) is 83.4 Å². The van der Waals surface area contributed by atoms with Crippen molar-refractivity contribution in [3.63, 3.8) is 0 Å². The van der Waals surface area contributed by atoms with Gasteiger partial charge in [0.15, 0.2) is 5.57 Å². The molecule has 0 saturated carbocycles. The van der Waals surface area contributed by atoms with E-state index in [1.807, 2.05) is 47.8 Å². The number of nitrogens with zero attached hydrogens (tertiary/aromatic N) is 3. The largest absolute Gasteiger partial charge is 0.431 e. The fraction of sp³-hybridized carbons (Fsp3) is 0.0417. The van der Waals surface area contributed by atoms with E-state index in [0.717, 1.165) is 17.2 Å². The lowest BCUT2D eigenvalue weighted by molar-refractivity contribution is -0.0959. The summed E-state index contributed by atoms with van der Waals surface area (Å²) in [6, 6.07) is 21.9. The highest BCUT2D eigenvalue weighted by Crippen LogP contribution is 2.33. The number of hydrogen-bond acceptors (Lipinski definition) is 4. The second kappa shape index (κ2) is 8.86. The first-order chi connectivity index (χ1) is 14.9. The average molecular weight is 414 g/mol. The molecule has 0 unspecified atom stereocenters. The summed E-state index contributed by atoms with van der Waals surface area (Å²) in [5.74, 6) is 0. The van der Waals surface area contributed by atoms with Crippen molar-refractivity contribution in [1.82, 2.24) is 5.32 Å². The summed E-state index contributed by atoms with van der Waals surface area (Å²) in [5, 5.41) is 29.6. The highest BCUT2D eigenvalue weighted by Gasteiger charge is 2.37. The van der Waals surface area contributed by atoms with E-state index in [0.29, 0.717) is 5.56 Å². The van der Waals surface area contributed by atoms with Crippen molar-refractivity contribution in [2.24, 2.45) is 0 Å². The van der Waals surface area contributed by atoms with Gasteiger partial charge in [-0.1, -0.05) is 66.7 Å². The van der Waals surface area contributed by atoms with Crippen molar-refractivity contribution >= 4 is 6.08 Å². The van der Waals surface area contributed by atoms with Gasteiger partial charge >= 0.3 is 6.18 Å². The average Bonchev–Trinajstić information content (AvgIpc) is 2.78. The Balaban J connectivity index is 2.02. The second-order valence-electron chi connectivity index (χ2n) is 6.42. The van der Waals surface area contributed by atoms with Gasteiger partial charge in [-0.15, -0.1) is 0 Å². The van der Waals surface area contributed by atoms with Gasteiger partial charge in [-0.2, -0.15) is 29.0 Å². The zero-order chi connectivity index (χ0) is 22.4. The van der Waals surface area contributed by atoms with Gasteiger partial charge in [-0.25, -0.2) is 0 Å². The number of dihydropyridines is 1. The maximum absolute atomic E-state index is 13.3. The number of allylic oxidation sites excluding steroid dienone is 6. The molecule has 1 aliphatic heterocycles. The first-order valence-electron chi connectivity index (χ1n) is 8.96. The molecule has 0 aromatic heterocycles. The molecule has 3 rings (SSSR count). The molecule has 1 heterocycles. The molecule has 0 aliphatic carbocycles. The molecule has 2 aromatic rings. The highest BCUT2D eigenvalue weighted by molar-refractivity contribution is 5.68. The molecule has 1 N–H and O–H groups in total. The first-order valence-corrected chi connectivity index (χ1v) is 8.96. The Bertz CT molecular complexity index is 1230. The number of alkyl halides is 3. The van der Waals surface area contributed by atoms with Gasteiger partial charge < -0.3 is 5.32 Å². The molecule has 0 saturated heterocycles. The van der Waals surface area contributed by atoms with E-state index in [1.165, 1.54) is 18.2 Å². The van der Waals surface area contributed by atoms with E-state index < -0.39 is 23.1 Å². The Morgan fingerprint density at radius 1 is 0.839 bits per heavy atom. The van der Waals surface area contributed by atoms with Crippen molar-refractivity contribution < 1.29 is 13.2 Å². The minimum Gasteiger partial charge on any atom is -0.349 e. The van der Waals surface area contributed by atoms with Gasteiger partial charge in [0.2, 0.25) is 0 Å². The van der Waals surface area contributed by atoms with Gasteiger partial charge in [0, 0.05) is 0 Å². The lowest BCUT2D eigenvalue weighted by atomic mass is 9.96. The summed E-state index contributed by atoms with van der Waals surface area (Å²) in [4.78, 5) is 0. The normalized spacial score (nSPS) is 13.7. The first kappa shape index (κ1) is 21.2. The summed E-state index contributed by atoms with van der Waals surface area (Å²) in [6.07, 6.45) is -1.05. The number of nitrogens with one attached hydrogen (secondary N) is 1. The molecular formula is C24H13F3N4. The van der Waals surface area contributed by atoms with E-state index in [-0.39, 0.29) is 11.1 Å². The maximum atomic E-state index is 13.3. The van der Waals surface area contributed by atoms with Crippen LogP contribution in [0, 0.1) is 34.0 Å².